The second-order valence-electron chi connectivity index (χ2n) is 4.85. The molecule has 6 heteroatoms. The summed E-state index contributed by atoms with van der Waals surface area (Å²) in [6.07, 6.45) is 7.81. The maximum atomic E-state index is 5.84. The highest BCUT2D eigenvalue weighted by molar-refractivity contribution is 6.29. The topological polar surface area (TPSA) is 73.1 Å². The van der Waals surface area contributed by atoms with Gasteiger partial charge in [0.2, 0.25) is 5.95 Å². The highest BCUT2D eigenvalue weighted by Crippen LogP contribution is 2.20. The van der Waals surface area contributed by atoms with Crippen LogP contribution in [-0.4, -0.2) is 29.2 Å². The molecule has 1 saturated carbocycles. The van der Waals surface area contributed by atoms with E-state index in [4.69, 9.17) is 22.1 Å². The van der Waals surface area contributed by atoms with E-state index in [9.17, 15) is 0 Å². The van der Waals surface area contributed by atoms with Crippen molar-refractivity contribution in [2.45, 2.75) is 44.6 Å². The Kier molecular flexibility index (Phi) is 5.66. The van der Waals surface area contributed by atoms with E-state index in [1.165, 1.54) is 32.1 Å². The Bertz CT molecular complexity index is 376. The fraction of sp³-hybridized carbons (Fsp3) is 0.692. The minimum Gasteiger partial charge on any atom is -0.378 e. The number of nitrogens with two attached hydrogens (primary N) is 1. The highest BCUT2D eigenvalue weighted by atomic mass is 35.5. The van der Waals surface area contributed by atoms with Crippen LogP contribution in [0.1, 0.15) is 38.5 Å². The third kappa shape index (κ3) is 5.20. The largest absolute Gasteiger partial charge is 0.378 e. The zero-order valence-corrected chi connectivity index (χ0v) is 11.8. The van der Waals surface area contributed by atoms with Gasteiger partial charge >= 0.3 is 0 Å². The number of aromatic nitrogens is 2. The van der Waals surface area contributed by atoms with E-state index in [2.05, 4.69) is 15.3 Å². The van der Waals surface area contributed by atoms with Gasteiger partial charge in [-0.25, -0.2) is 4.98 Å². The van der Waals surface area contributed by atoms with Gasteiger partial charge in [-0.2, -0.15) is 4.98 Å². The van der Waals surface area contributed by atoms with Crippen molar-refractivity contribution >= 4 is 23.4 Å². The zero-order chi connectivity index (χ0) is 13.5. The van der Waals surface area contributed by atoms with Crippen LogP contribution in [0.25, 0.3) is 0 Å². The molecule has 0 bridgehead atoms. The van der Waals surface area contributed by atoms with Crippen LogP contribution in [0, 0.1) is 0 Å². The molecular weight excluding hydrogens is 264 g/mol. The van der Waals surface area contributed by atoms with Crippen LogP contribution < -0.4 is 11.1 Å². The predicted octanol–water partition coefficient (Wildman–Crippen LogP) is 2.86. The van der Waals surface area contributed by atoms with Crippen LogP contribution in [0.3, 0.4) is 0 Å². The maximum absolute atomic E-state index is 5.84. The van der Waals surface area contributed by atoms with Crippen LogP contribution >= 0.6 is 11.6 Å². The molecule has 106 valence electrons. The minimum absolute atomic E-state index is 0.188. The molecule has 3 N–H and O–H groups in total. The van der Waals surface area contributed by atoms with Crippen LogP contribution in [0.15, 0.2) is 6.07 Å². The summed E-state index contributed by atoms with van der Waals surface area (Å²) in [5.41, 5.74) is 5.52. The van der Waals surface area contributed by atoms with Crippen molar-refractivity contribution < 1.29 is 4.74 Å². The van der Waals surface area contributed by atoms with Crippen molar-refractivity contribution in [2.24, 2.45) is 0 Å². The van der Waals surface area contributed by atoms with E-state index < -0.39 is 0 Å². The standard InChI is InChI=1S/C13H21ClN4O/c14-11-9-12(18-13(15)17-11)16-7-4-8-19-10-5-2-1-3-6-10/h9-10H,1-8H2,(H3,15,16,17,18). The van der Waals surface area contributed by atoms with Gasteiger partial charge in [0.15, 0.2) is 0 Å². The minimum atomic E-state index is 0.188. The molecule has 0 radical (unpaired) electrons. The smallest absolute Gasteiger partial charge is 0.223 e. The average molecular weight is 285 g/mol. The molecule has 5 nitrogen and oxygen atoms in total. The summed E-state index contributed by atoms with van der Waals surface area (Å²) < 4.78 is 5.84. The van der Waals surface area contributed by atoms with Crippen LogP contribution in [0.2, 0.25) is 5.15 Å². The van der Waals surface area contributed by atoms with E-state index >= 15 is 0 Å². The summed E-state index contributed by atoms with van der Waals surface area (Å²) in [6.45, 7) is 1.57. The van der Waals surface area contributed by atoms with Gasteiger partial charge in [-0.3, -0.25) is 0 Å². The Morgan fingerprint density at radius 3 is 2.84 bits per heavy atom. The number of nitrogens with zero attached hydrogens (tertiary/aromatic N) is 2. The molecule has 0 aliphatic heterocycles. The third-order valence-electron chi connectivity index (χ3n) is 3.25. The fourth-order valence-electron chi connectivity index (χ4n) is 2.30. The van der Waals surface area contributed by atoms with E-state index in [0.717, 1.165) is 19.6 Å². The van der Waals surface area contributed by atoms with Crippen molar-refractivity contribution in [2.75, 3.05) is 24.2 Å². The lowest BCUT2D eigenvalue weighted by molar-refractivity contribution is 0.0284. The second kappa shape index (κ2) is 7.50. The molecule has 1 heterocycles. The lowest BCUT2D eigenvalue weighted by atomic mass is 9.98. The molecule has 0 atom stereocenters. The van der Waals surface area contributed by atoms with Crippen LogP contribution in [-0.2, 0) is 4.74 Å². The lowest BCUT2D eigenvalue weighted by Gasteiger charge is -2.21. The van der Waals surface area contributed by atoms with Crippen molar-refractivity contribution in [3.63, 3.8) is 0 Å². The molecule has 0 spiro atoms. The summed E-state index contributed by atoms with van der Waals surface area (Å²) in [7, 11) is 0. The van der Waals surface area contributed by atoms with Gasteiger partial charge in [0.05, 0.1) is 6.10 Å². The first kappa shape index (κ1) is 14.3. The van der Waals surface area contributed by atoms with Crippen molar-refractivity contribution in [3.05, 3.63) is 11.2 Å². The molecule has 1 aromatic heterocycles. The number of rotatable bonds is 6. The van der Waals surface area contributed by atoms with Gasteiger partial charge in [-0.15, -0.1) is 0 Å². The number of halogens is 1. The van der Waals surface area contributed by atoms with E-state index in [1.54, 1.807) is 6.07 Å². The van der Waals surface area contributed by atoms with E-state index in [0.29, 0.717) is 17.1 Å². The normalized spacial score (nSPS) is 16.5. The average Bonchev–Trinajstić information content (AvgIpc) is 2.38. The predicted molar refractivity (Wildman–Crippen MR) is 77.4 cm³/mol. The van der Waals surface area contributed by atoms with Crippen molar-refractivity contribution in [1.29, 1.82) is 0 Å². The van der Waals surface area contributed by atoms with Gasteiger partial charge in [0, 0.05) is 19.2 Å². The molecule has 0 saturated heterocycles. The Morgan fingerprint density at radius 2 is 2.11 bits per heavy atom. The van der Waals surface area contributed by atoms with Crippen LogP contribution in [0.5, 0.6) is 0 Å². The maximum Gasteiger partial charge on any atom is 0.223 e. The number of ether oxygens (including phenoxy) is 1. The SMILES string of the molecule is Nc1nc(Cl)cc(NCCCOC2CCCCC2)n1. The number of hydrogen-bond donors (Lipinski definition) is 2. The molecule has 1 aliphatic rings. The van der Waals surface area contributed by atoms with Gasteiger partial charge in [0.1, 0.15) is 11.0 Å². The first-order chi connectivity index (χ1) is 9.24. The summed E-state index contributed by atoms with van der Waals surface area (Å²) >= 11 is 5.80. The first-order valence-corrected chi connectivity index (χ1v) is 7.27. The first-order valence-electron chi connectivity index (χ1n) is 6.89. The molecule has 1 aromatic rings. The Labute approximate surface area is 118 Å². The number of nitrogens with one attached hydrogen (secondary N) is 1. The van der Waals surface area contributed by atoms with Gasteiger partial charge in [-0.05, 0) is 19.3 Å². The molecule has 19 heavy (non-hydrogen) atoms. The number of hydrogen-bond acceptors (Lipinski definition) is 5. The van der Waals surface area contributed by atoms with E-state index in [1.807, 2.05) is 0 Å². The summed E-state index contributed by atoms with van der Waals surface area (Å²) in [5.74, 6) is 0.851. The summed E-state index contributed by atoms with van der Waals surface area (Å²) in [5, 5.41) is 3.52. The lowest BCUT2D eigenvalue weighted by Crippen LogP contribution is -2.18. The Hall–Kier alpha value is -1.07. The van der Waals surface area contributed by atoms with Crippen molar-refractivity contribution in [1.82, 2.24) is 9.97 Å². The zero-order valence-electron chi connectivity index (χ0n) is 11.1. The van der Waals surface area contributed by atoms with Gasteiger partial charge in [-0.1, -0.05) is 30.9 Å². The molecule has 1 aliphatic carbocycles. The van der Waals surface area contributed by atoms with Crippen molar-refractivity contribution in [3.8, 4) is 0 Å². The second-order valence-corrected chi connectivity index (χ2v) is 5.23. The van der Waals surface area contributed by atoms with Gasteiger partial charge < -0.3 is 15.8 Å². The summed E-state index contributed by atoms with van der Waals surface area (Å²) in [4.78, 5) is 7.86. The highest BCUT2D eigenvalue weighted by Gasteiger charge is 2.12. The van der Waals surface area contributed by atoms with Gasteiger partial charge in [0.25, 0.3) is 0 Å². The third-order valence-corrected chi connectivity index (χ3v) is 3.44. The molecular formula is C13H21ClN4O. The van der Waals surface area contributed by atoms with E-state index in [-0.39, 0.29) is 5.95 Å². The molecule has 2 rings (SSSR count). The quantitative estimate of drug-likeness (QED) is 0.621. The fourth-order valence-corrected chi connectivity index (χ4v) is 2.49. The summed E-state index contributed by atoms with van der Waals surface area (Å²) in [6, 6.07) is 1.67. The number of nitrogen functional groups attached to an aromatic ring is 1. The molecule has 0 amide bonds. The number of anilines is 2. The Morgan fingerprint density at radius 1 is 1.32 bits per heavy atom. The molecule has 0 unspecified atom stereocenters. The monoisotopic (exact) mass is 284 g/mol. The van der Waals surface area contributed by atoms with Crippen LogP contribution in [0.4, 0.5) is 11.8 Å². The molecule has 0 aromatic carbocycles. The molecule has 1 fully saturated rings. The Balaban J connectivity index is 1.60.